The maximum Gasteiger partial charge on any atom is 0.117 e. The Morgan fingerprint density at radius 1 is 0.950 bits per heavy atom. The van der Waals surface area contributed by atoms with E-state index in [1.165, 1.54) is 0 Å². The van der Waals surface area contributed by atoms with Crippen LogP contribution >= 0.6 is 35.0 Å². The number of hydrogen-bond acceptors (Lipinski definition) is 3. The van der Waals surface area contributed by atoms with Crippen LogP contribution in [0.1, 0.15) is 5.56 Å². The predicted molar refractivity (Wildman–Crippen MR) is 85.6 cm³/mol. The Morgan fingerprint density at radius 3 is 2.65 bits per heavy atom. The molecule has 1 heterocycles. The van der Waals surface area contributed by atoms with E-state index in [0.717, 1.165) is 27.2 Å². The highest BCUT2D eigenvalue weighted by atomic mass is 35.5. The van der Waals surface area contributed by atoms with Crippen molar-refractivity contribution < 1.29 is 0 Å². The maximum atomic E-state index is 6.02. The van der Waals surface area contributed by atoms with E-state index in [1.54, 1.807) is 18.1 Å². The van der Waals surface area contributed by atoms with Crippen LogP contribution in [0, 0.1) is 0 Å². The van der Waals surface area contributed by atoms with Crippen LogP contribution in [0.4, 0.5) is 0 Å². The van der Waals surface area contributed by atoms with Gasteiger partial charge in [0.25, 0.3) is 0 Å². The lowest BCUT2D eigenvalue weighted by molar-refractivity contribution is 1.10. The number of aromatic nitrogens is 2. The molecule has 0 N–H and O–H groups in total. The first-order valence-corrected chi connectivity index (χ1v) is 7.74. The van der Waals surface area contributed by atoms with Gasteiger partial charge in [0.2, 0.25) is 0 Å². The van der Waals surface area contributed by atoms with Gasteiger partial charge in [-0.1, -0.05) is 47.5 Å². The molecule has 0 aliphatic rings. The molecular weight excluding hydrogens is 311 g/mol. The molecule has 0 unspecified atom stereocenters. The summed E-state index contributed by atoms with van der Waals surface area (Å²) in [5.74, 6) is 0.790. The Morgan fingerprint density at radius 2 is 1.80 bits per heavy atom. The van der Waals surface area contributed by atoms with E-state index >= 15 is 0 Å². The van der Waals surface area contributed by atoms with E-state index in [-0.39, 0.29) is 0 Å². The van der Waals surface area contributed by atoms with E-state index < -0.39 is 0 Å². The lowest BCUT2D eigenvalue weighted by Crippen LogP contribution is -1.88. The number of rotatable bonds is 3. The van der Waals surface area contributed by atoms with Crippen LogP contribution in [0.3, 0.4) is 0 Å². The van der Waals surface area contributed by atoms with Crippen LogP contribution < -0.4 is 0 Å². The highest BCUT2D eigenvalue weighted by molar-refractivity contribution is 7.98. The maximum absolute atomic E-state index is 6.02. The van der Waals surface area contributed by atoms with Gasteiger partial charge in [0, 0.05) is 11.1 Å². The average Bonchev–Trinajstić information content (AvgIpc) is 2.48. The minimum Gasteiger partial charge on any atom is -0.236 e. The van der Waals surface area contributed by atoms with E-state index in [0.29, 0.717) is 10.0 Å². The van der Waals surface area contributed by atoms with Crippen LogP contribution in [0.2, 0.25) is 10.0 Å². The fourth-order valence-corrected chi connectivity index (χ4v) is 3.13. The molecule has 0 amide bonds. The molecule has 0 saturated heterocycles. The highest BCUT2D eigenvalue weighted by Crippen LogP contribution is 2.29. The third-order valence-corrected chi connectivity index (χ3v) is 4.68. The number of halogens is 2. The second-order valence-electron chi connectivity index (χ2n) is 4.23. The Balaban J connectivity index is 1.85. The fourth-order valence-electron chi connectivity index (χ4n) is 1.88. The quantitative estimate of drug-likeness (QED) is 0.488. The predicted octanol–water partition coefficient (Wildman–Crippen LogP) is 5.23. The van der Waals surface area contributed by atoms with Gasteiger partial charge in [-0.25, -0.2) is 9.97 Å². The lowest BCUT2D eigenvalue weighted by Gasteiger charge is -2.05. The topological polar surface area (TPSA) is 25.8 Å². The fraction of sp³-hybridized carbons (Fsp3) is 0.0667. The first-order chi connectivity index (χ1) is 9.74. The van der Waals surface area contributed by atoms with Gasteiger partial charge in [0.05, 0.1) is 15.6 Å². The van der Waals surface area contributed by atoms with Crippen LogP contribution in [0.25, 0.3) is 10.9 Å². The Kier molecular flexibility index (Phi) is 4.10. The number of fused-ring (bicyclic) bond motifs is 1. The zero-order valence-corrected chi connectivity index (χ0v) is 12.7. The minimum atomic E-state index is 0.577. The van der Waals surface area contributed by atoms with Crippen molar-refractivity contribution in [3.05, 3.63) is 64.4 Å². The van der Waals surface area contributed by atoms with Gasteiger partial charge >= 0.3 is 0 Å². The molecule has 3 rings (SSSR count). The summed E-state index contributed by atoms with van der Waals surface area (Å²) in [7, 11) is 0. The van der Waals surface area contributed by atoms with Crippen molar-refractivity contribution in [2.24, 2.45) is 0 Å². The SMILES string of the molecule is Clc1ccc(CSc2ncnc3ccccc23)cc1Cl. The van der Waals surface area contributed by atoms with Crippen molar-refractivity contribution in [1.29, 1.82) is 0 Å². The molecule has 100 valence electrons. The van der Waals surface area contributed by atoms with Crippen molar-refractivity contribution in [3.63, 3.8) is 0 Å². The van der Waals surface area contributed by atoms with E-state index in [4.69, 9.17) is 23.2 Å². The van der Waals surface area contributed by atoms with Gasteiger partial charge in [-0.15, -0.1) is 11.8 Å². The zero-order chi connectivity index (χ0) is 13.9. The van der Waals surface area contributed by atoms with Gasteiger partial charge in [-0.3, -0.25) is 0 Å². The van der Waals surface area contributed by atoms with Gasteiger partial charge in [0.1, 0.15) is 11.4 Å². The van der Waals surface area contributed by atoms with Crippen molar-refractivity contribution in [3.8, 4) is 0 Å². The molecule has 20 heavy (non-hydrogen) atoms. The molecule has 0 saturated carbocycles. The van der Waals surface area contributed by atoms with Gasteiger partial charge in [-0.2, -0.15) is 0 Å². The summed E-state index contributed by atoms with van der Waals surface area (Å²) >= 11 is 13.6. The summed E-state index contributed by atoms with van der Waals surface area (Å²) in [6.45, 7) is 0. The second-order valence-corrected chi connectivity index (χ2v) is 6.01. The van der Waals surface area contributed by atoms with Crippen LogP contribution in [0.15, 0.2) is 53.8 Å². The van der Waals surface area contributed by atoms with E-state index in [2.05, 4.69) is 9.97 Å². The largest absolute Gasteiger partial charge is 0.236 e. The highest BCUT2D eigenvalue weighted by Gasteiger charge is 2.05. The van der Waals surface area contributed by atoms with Crippen molar-refractivity contribution in [2.45, 2.75) is 10.8 Å². The van der Waals surface area contributed by atoms with E-state index in [1.807, 2.05) is 42.5 Å². The summed E-state index contributed by atoms with van der Waals surface area (Å²) in [6, 6.07) is 13.7. The summed E-state index contributed by atoms with van der Waals surface area (Å²) in [4.78, 5) is 8.61. The van der Waals surface area contributed by atoms with Gasteiger partial charge < -0.3 is 0 Å². The van der Waals surface area contributed by atoms with Crippen LogP contribution in [-0.4, -0.2) is 9.97 Å². The van der Waals surface area contributed by atoms with Crippen LogP contribution in [0.5, 0.6) is 0 Å². The standard InChI is InChI=1S/C15H10Cl2N2S/c16-12-6-5-10(7-13(12)17)8-20-15-11-3-1-2-4-14(11)18-9-19-15/h1-7,9H,8H2. The molecule has 2 aromatic carbocycles. The smallest absolute Gasteiger partial charge is 0.117 e. The Labute approximate surface area is 131 Å². The molecule has 0 aliphatic carbocycles. The molecule has 1 aromatic heterocycles. The number of nitrogens with zero attached hydrogens (tertiary/aromatic N) is 2. The Hall–Kier alpha value is -1.29. The molecule has 0 fully saturated rings. The number of para-hydroxylation sites is 1. The minimum absolute atomic E-state index is 0.577. The Bertz CT molecular complexity index is 756. The second kappa shape index (κ2) is 6.00. The molecular formula is C15H10Cl2N2S. The number of hydrogen-bond donors (Lipinski definition) is 0. The molecule has 2 nitrogen and oxygen atoms in total. The normalized spacial score (nSPS) is 10.9. The van der Waals surface area contributed by atoms with Crippen molar-refractivity contribution >= 4 is 45.9 Å². The van der Waals surface area contributed by atoms with Crippen LogP contribution in [-0.2, 0) is 5.75 Å². The van der Waals surface area contributed by atoms with Crippen molar-refractivity contribution in [2.75, 3.05) is 0 Å². The molecule has 0 aliphatic heterocycles. The third kappa shape index (κ3) is 2.90. The summed E-state index contributed by atoms with van der Waals surface area (Å²) in [6.07, 6.45) is 1.60. The molecule has 0 radical (unpaired) electrons. The molecule has 0 spiro atoms. The lowest BCUT2D eigenvalue weighted by atomic mass is 10.2. The summed E-state index contributed by atoms with van der Waals surface area (Å²) in [5, 5.41) is 3.20. The number of thioether (sulfide) groups is 1. The molecule has 0 atom stereocenters. The first-order valence-electron chi connectivity index (χ1n) is 6.00. The van der Waals surface area contributed by atoms with E-state index in [9.17, 15) is 0 Å². The van der Waals surface area contributed by atoms with Crippen molar-refractivity contribution in [1.82, 2.24) is 9.97 Å². The monoisotopic (exact) mass is 320 g/mol. The zero-order valence-electron chi connectivity index (χ0n) is 10.4. The van der Waals surface area contributed by atoms with Gasteiger partial charge in [-0.05, 0) is 23.8 Å². The number of benzene rings is 2. The van der Waals surface area contributed by atoms with Gasteiger partial charge in [0.15, 0.2) is 0 Å². The summed E-state index contributed by atoms with van der Waals surface area (Å²) < 4.78 is 0. The molecule has 5 heteroatoms. The average molecular weight is 321 g/mol. The molecule has 0 bridgehead atoms. The first kappa shape index (κ1) is 13.7. The summed E-state index contributed by atoms with van der Waals surface area (Å²) in [5.41, 5.74) is 2.08. The third-order valence-electron chi connectivity index (χ3n) is 2.87. The molecule has 3 aromatic rings.